The van der Waals surface area contributed by atoms with E-state index in [0.29, 0.717) is 24.0 Å². The zero-order valence-corrected chi connectivity index (χ0v) is 17.1. The monoisotopic (exact) mass is 450 g/mol. The molecule has 0 bridgehead atoms. The lowest BCUT2D eigenvalue weighted by Gasteiger charge is -2.10. The fourth-order valence-electron chi connectivity index (χ4n) is 2.81. The third kappa shape index (κ3) is 4.40. The number of esters is 1. The molecule has 0 radical (unpaired) electrons. The fraction of sp³-hybridized carbons (Fsp3) is 0.211. The molecule has 0 atom stereocenters. The summed E-state index contributed by atoms with van der Waals surface area (Å²) in [6.45, 7) is 0.988. The van der Waals surface area contributed by atoms with Gasteiger partial charge in [0.2, 0.25) is 10.0 Å². The molecule has 0 saturated heterocycles. The number of para-hydroxylation sites is 1. The SMILES string of the molecule is COC(=O)c1cc(S(=O)(=O)NCCCn2ccc3ccccc32)ccc1Br. The minimum atomic E-state index is -3.71. The van der Waals surface area contributed by atoms with Crippen LogP contribution in [0, 0.1) is 0 Å². The van der Waals surface area contributed by atoms with Crippen LogP contribution in [0.5, 0.6) is 0 Å². The average Bonchev–Trinajstić information content (AvgIpc) is 3.08. The number of aromatic nitrogens is 1. The van der Waals surface area contributed by atoms with E-state index in [1.54, 1.807) is 0 Å². The largest absolute Gasteiger partial charge is 0.465 e. The molecule has 1 aromatic heterocycles. The van der Waals surface area contributed by atoms with E-state index in [1.165, 1.54) is 25.3 Å². The Balaban J connectivity index is 1.64. The van der Waals surface area contributed by atoms with Gasteiger partial charge in [-0.05, 0) is 58.1 Å². The van der Waals surface area contributed by atoms with Gasteiger partial charge in [-0.25, -0.2) is 17.9 Å². The van der Waals surface area contributed by atoms with Crippen LogP contribution in [-0.2, 0) is 21.3 Å². The van der Waals surface area contributed by atoms with Crippen LogP contribution in [0.2, 0.25) is 0 Å². The molecule has 1 N–H and O–H groups in total. The second-order valence-electron chi connectivity index (χ2n) is 5.95. The molecule has 3 aromatic rings. The van der Waals surface area contributed by atoms with Gasteiger partial charge in [-0.15, -0.1) is 0 Å². The molecule has 3 rings (SSSR count). The van der Waals surface area contributed by atoms with Crippen LogP contribution in [0.15, 0.2) is 64.1 Å². The fourth-order valence-corrected chi connectivity index (χ4v) is 4.32. The van der Waals surface area contributed by atoms with Gasteiger partial charge >= 0.3 is 5.97 Å². The Labute approximate surface area is 166 Å². The molecule has 0 spiro atoms. The lowest BCUT2D eigenvalue weighted by Crippen LogP contribution is -2.25. The minimum absolute atomic E-state index is 0.0255. The number of hydrogen-bond acceptors (Lipinski definition) is 4. The van der Waals surface area contributed by atoms with Crippen molar-refractivity contribution in [2.24, 2.45) is 0 Å². The topological polar surface area (TPSA) is 77.4 Å². The summed E-state index contributed by atoms with van der Waals surface area (Å²) in [4.78, 5) is 11.8. The predicted octanol–water partition coefficient (Wildman–Crippen LogP) is 3.56. The third-order valence-electron chi connectivity index (χ3n) is 4.20. The molecule has 27 heavy (non-hydrogen) atoms. The van der Waals surface area contributed by atoms with Gasteiger partial charge < -0.3 is 9.30 Å². The average molecular weight is 451 g/mol. The summed E-state index contributed by atoms with van der Waals surface area (Å²) in [7, 11) is -2.46. The molecule has 0 amide bonds. The zero-order valence-electron chi connectivity index (χ0n) is 14.7. The highest BCUT2D eigenvalue weighted by Gasteiger charge is 2.18. The number of nitrogens with one attached hydrogen (secondary N) is 1. The van der Waals surface area contributed by atoms with Crippen molar-refractivity contribution in [3.8, 4) is 0 Å². The van der Waals surface area contributed by atoms with Gasteiger partial charge in [-0.2, -0.15) is 0 Å². The maximum absolute atomic E-state index is 12.5. The Bertz CT molecular complexity index is 1080. The van der Waals surface area contributed by atoms with Crippen LogP contribution in [0.3, 0.4) is 0 Å². The van der Waals surface area contributed by atoms with Crippen LogP contribution in [0.1, 0.15) is 16.8 Å². The quantitative estimate of drug-likeness (QED) is 0.440. The van der Waals surface area contributed by atoms with Crippen LogP contribution in [0.25, 0.3) is 10.9 Å². The Morgan fingerprint density at radius 1 is 1.19 bits per heavy atom. The Hall–Kier alpha value is -2.16. The predicted molar refractivity (Wildman–Crippen MR) is 107 cm³/mol. The number of halogens is 1. The van der Waals surface area contributed by atoms with Gasteiger partial charge in [-0.3, -0.25) is 0 Å². The van der Waals surface area contributed by atoms with Gasteiger partial charge in [0.1, 0.15) is 0 Å². The van der Waals surface area contributed by atoms with E-state index in [0.717, 1.165) is 10.9 Å². The molecule has 0 aliphatic rings. The minimum Gasteiger partial charge on any atom is -0.465 e. The highest BCUT2D eigenvalue weighted by atomic mass is 79.9. The van der Waals surface area contributed by atoms with Crippen LogP contribution in [-0.4, -0.2) is 32.6 Å². The van der Waals surface area contributed by atoms with E-state index < -0.39 is 16.0 Å². The number of carbonyl (C=O) groups excluding carboxylic acids is 1. The zero-order chi connectivity index (χ0) is 19.4. The van der Waals surface area contributed by atoms with E-state index in [1.807, 2.05) is 36.5 Å². The molecule has 0 unspecified atom stereocenters. The molecule has 0 aliphatic heterocycles. The highest BCUT2D eigenvalue weighted by molar-refractivity contribution is 9.10. The smallest absolute Gasteiger partial charge is 0.339 e. The van der Waals surface area contributed by atoms with Crippen molar-refractivity contribution in [2.75, 3.05) is 13.7 Å². The lowest BCUT2D eigenvalue weighted by atomic mass is 10.2. The summed E-state index contributed by atoms with van der Waals surface area (Å²) in [5.74, 6) is -0.599. The Morgan fingerprint density at radius 3 is 2.74 bits per heavy atom. The van der Waals surface area contributed by atoms with Crippen molar-refractivity contribution in [3.05, 3.63) is 64.8 Å². The first-order chi connectivity index (χ1) is 12.9. The van der Waals surface area contributed by atoms with E-state index in [-0.39, 0.29) is 10.5 Å². The second-order valence-corrected chi connectivity index (χ2v) is 8.57. The first kappa shape index (κ1) is 19.6. The van der Waals surface area contributed by atoms with Gasteiger partial charge in [0, 0.05) is 29.3 Å². The number of ether oxygens (including phenoxy) is 1. The summed E-state index contributed by atoms with van der Waals surface area (Å²) in [5.41, 5.74) is 1.29. The summed E-state index contributed by atoms with van der Waals surface area (Å²) < 4.78 is 34.8. The number of hydrogen-bond donors (Lipinski definition) is 1. The van der Waals surface area contributed by atoms with E-state index in [2.05, 4.69) is 30.0 Å². The molecule has 2 aromatic carbocycles. The Kier molecular flexibility index (Phi) is 5.98. The number of sulfonamides is 1. The number of nitrogens with zero attached hydrogens (tertiary/aromatic N) is 1. The van der Waals surface area contributed by atoms with Gasteiger partial charge in [0.05, 0.1) is 17.6 Å². The van der Waals surface area contributed by atoms with Crippen molar-refractivity contribution in [3.63, 3.8) is 0 Å². The van der Waals surface area contributed by atoms with Crippen LogP contribution < -0.4 is 4.72 Å². The maximum atomic E-state index is 12.5. The van der Waals surface area contributed by atoms with Crippen molar-refractivity contribution in [2.45, 2.75) is 17.9 Å². The van der Waals surface area contributed by atoms with Crippen molar-refractivity contribution in [1.82, 2.24) is 9.29 Å². The number of carbonyl (C=O) groups is 1. The molecule has 0 saturated carbocycles. The normalized spacial score (nSPS) is 11.6. The van der Waals surface area contributed by atoms with Crippen molar-refractivity contribution in [1.29, 1.82) is 0 Å². The molecule has 6 nitrogen and oxygen atoms in total. The van der Waals surface area contributed by atoms with E-state index >= 15 is 0 Å². The first-order valence-corrected chi connectivity index (χ1v) is 10.6. The van der Waals surface area contributed by atoms with Gasteiger partial charge in [-0.1, -0.05) is 18.2 Å². The van der Waals surface area contributed by atoms with Crippen LogP contribution in [0.4, 0.5) is 0 Å². The van der Waals surface area contributed by atoms with Crippen molar-refractivity contribution >= 4 is 42.8 Å². The van der Waals surface area contributed by atoms with Gasteiger partial charge in [0.15, 0.2) is 0 Å². The van der Waals surface area contributed by atoms with Crippen LogP contribution >= 0.6 is 15.9 Å². The molecular formula is C19H19BrN2O4S. The van der Waals surface area contributed by atoms with Crippen molar-refractivity contribution < 1.29 is 17.9 Å². The second kappa shape index (κ2) is 8.24. The van der Waals surface area contributed by atoms with E-state index in [9.17, 15) is 13.2 Å². The number of benzene rings is 2. The first-order valence-electron chi connectivity index (χ1n) is 8.34. The number of aryl methyl sites for hydroxylation is 1. The molecule has 0 aliphatic carbocycles. The summed E-state index contributed by atoms with van der Waals surface area (Å²) in [6.07, 6.45) is 2.63. The lowest BCUT2D eigenvalue weighted by molar-refractivity contribution is 0.0599. The maximum Gasteiger partial charge on any atom is 0.339 e. The standard InChI is InChI=1S/C19H19BrN2O4S/c1-26-19(23)16-13-15(7-8-17(16)20)27(24,25)21-10-4-11-22-12-9-14-5-2-3-6-18(14)22/h2-3,5-9,12-13,21H,4,10-11H2,1H3. The summed E-state index contributed by atoms with van der Waals surface area (Å²) in [5, 5.41) is 1.16. The number of rotatable bonds is 7. The molecule has 8 heteroatoms. The van der Waals surface area contributed by atoms with E-state index in [4.69, 9.17) is 0 Å². The molecule has 142 valence electrons. The summed E-state index contributed by atoms with van der Waals surface area (Å²) >= 11 is 3.23. The summed E-state index contributed by atoms with van der Waals surface area (Å²) in [6, 6.07) is 14.4. The molecule has 0 fully saturated rings. The third-order valence-corrected chi connectivity index (χ3v) is 6.35. The Morgan fingerprint density at radius 2 is 1.96 bits per heavy atom. The number of methoxy groups -OCH3 is 1. The van der Waals surface area contributed by atoms with Gasteiger partial charge in [0.25, 0.3) is 0 Å². The number of fused-ring (bicyclic) bond motifs is 1. The highest BCUT2D eigenvalue weighted by Crippen LogP contribution is 2.22. The molecule has 1 heterocycles. The molecular weight excluding hydrogens is 432 g/mol.